The van der Waals surface area contributed by atoms with Gasteiger partial charge in [0.05, 0.1) is 12.7 Å². The fourth-order valence-electron chi connectivity index (χ4n) is 2.36. The van der Waals surface area contributed by atoms with Gasteiger partial charge in [-0.1, -0.05) is 12.5 Å². The van der Waals surface area contributed by atoms with Gasteiger partial charge in [-0.2, -0.15) is 0 Å². The lowest BCUT2D eigenvalue weighted by Gasteiger charge is -2.34. The average Bonchev–Trinajstić information content (AvgIpc) is 2.04. The maximum atomic E-state index is 5.76. The normalized spacial score (nSPS) is 36.5. The molecule has 1 heteroatoms. The fraction of sp³-hybridized carbons (Fsp3) is 0.818. The summed E-state index contributed by atoms with van der Waals surface area (Å²) < 4.78 is 5.76. The largest absolute Gasteiger partial charge is 0.374 e. The van der Waals surface area contributed by atoms with Gasteiger partial charge in [0.25, 0.3) is 0 Å². The van der Waals surface area contributed by atoms with E-state index < -0.39 is 0 Å². The molecule has 0 spiro atoms. The van der Waals surface area contributed by atoms with Crippen LogP contribution in [-0.2, 0) is 4.74 Å². The van der Waals surface area contributed by atoms with Crippen molar-refractivity contribution in [2.24, 2.45) is 5.92 Å². The molecule has 0 N–H and O–H groups in total. The minimum atomic E-state index is 0.488. The van der Waals surface area contributed by atoms with Gasteiger partial charge in [-0.25, -0.2) is 0 Å². The average molecular weight is 166 g/mol. The standard InChI is InChI=1S/C11H18O/c1-8-3-4-10-9(2)5-6-12-11(10)7-8/h8,11H,3-7H2,1-2H3. The highest BCUT2D eigenvalue weighted by Gasteiger charge is 2.27. The summed E-state index contributed by atoms with van der Waals surface area (Å²) in [5.74, 6) is 0.865. The Labute approximate surface area is 74.8 Å². The number of ether oxygens (including phenoxy) is 1. The van der Waals surface area contributed by atoms with E-state index >= 15 is 0 Å². The number of hydrogen-bond donors (Lipinski definition) is 0. The molecular weight excluding hydrogens is 148 g/mol. The number of fused-ring (bicyclic) bond motifs is 1. The van der Waals surface area contributed by atoms with Crippen molar-refractivity contribution in [3.05, 3.63) is 11.1 Å². The van der Waals surface area contributed by atoms with Gasteiger partial charge in [0.15, 0.2) is 0 Å². The van der Waals surface area contributed by atoms with Crippen molar-refractivity contribution in [2.75, 3.05) is 6.61 Å². The lowest BCUT2D eigenvalue weighted by Crippen LogP contribution is -2.28. The van der Waals surface area contributed by atoms with E-state index in [1.165, 1.54) is 25.7 Å². The van der Waals surface area contributed by atoms with Gasteiger partial charge in [0, 0.05) is 0 Å². The van der Waals surface area contributed by atoms with E-state index in [9.17, 15) is 0 Å². The van der Waals surface area contributed by atoms with Gasteiger partial charge < -0.3 is 4.74 Å². The van der Waals surface area contributed by atoms with E-state index in [1.54, 1.807) is 11.1 Å². The van der Waals surface area contributed by atoms with E-state index in [4.69, 9.17) is 4.74 Å². The van der Waals surface area contributed by atoms with Crippen molar-refractivity contribution in [1.82, 2.24) is 0 Å². The van der Waals surface area contributed by atoms with E-state index in [0.29, 0.717) is 6.10 Å². The van der Waals surface area contributed by atoms with Crippen LogP contribution >= 0.6 is 0 Å². The second kappa shape index (κ2) is 3.21. The predicted octanol–water partition coefficient (Wildman–Crippen LogP) is 2.91. The fourth-order valence-corrected chi connectivity index (χ4v) is 2.36. The van der Waals surface area contributed by atoms with Crippen LogP contribution in [0.25, 0.3) is 0 Å². The molecule has 1 heterocycles. The molecule has 1 aliphatic carbocycles. The summed E-state index contributed by atoms with van der Waals surface area (Å²) in [6.45, 7) is 5.57. The molecule has 1 saturated carbocycles. The molecular formula is C11H18O. The molecule has 0 aromatic carbocycles. The summed E-state index contributed by atoms with van der Waals surface area (Å²) in [4.78, 5) is 0. The van der Waals surface area contributed by atoms with Gasteiger partial charge >= 0.3 is 0 Å². The summed E-state index contributed by atoms with van der Waals surface area (Å²) >= 11 is 0. The molecule has 0 saturated heterocycles. The summed E-state index contributed by atoms with van der Waals surface area (Å²) in [6, 6.07) is 0. The van der Waals surface area contributed by atoms with Crippen molar-refractivity contribution in [1.29, 1.82) is 0 Å². The first-order chi connectivity index (χ1) is 5.77. The lowest BCUT2D eigenvalue weighted by atomic mass is 9.81. The molecule has 0 bridgehead atoms. The molecule has 2 aliphatic rings. The first-order valence-electron chi connectivity index (χ1n) is 5.07. The second-order valence-corrected chi connectivity index (χ2v) is 4.29. The van der Waals surface area contributed by atoms with Gasteiger partial charge in [0.1, 0.15) is 0 Å². The zero-order valence-electron chi connectivity index (χ0n) is 8.10. The molecule has 2 unspecified atom stereocenters. The summed E-state index contributed by atoms with van der Waals surface area (Å²) in [6.07, 6.45) is 5.57. The topological polar surface area (TPSA) is 9.23 Å². The highest BCUT2D eigenvalue weighted by atomic mass is 16.5. The van der Waals surface area contributed by atoms with Gasteiger partial charge in [-0.3, -0.25) is 0 Å². The van der Waals surface area contributed by atoms with Gasteiger partial charge in [-0.05, 0) is 44.1 Å². The molecule has 12 heavy (non-hydrogen) atoms. The van der Waals surface area contributed by atoms with Gasteiger partial charge in [0.2, 0.25) is 0 Å². The van der Waals surface area contributed by atoms with Crippen molar-refractivity contribution < 1.29 is 4.74 Å². The number of hydrogen-bond acceptors (Lipinski definition) is 1. The minimum absolute atomic E-state index is 0.488. The Morgan fingerprint density at radius 1 is 1.33 bits per heavy atom. The van der Waals surface area contributed by atoms with Crippen molar-refractivity contribution in [2.45, 2.75) is 45.6 Å². The third-order valence-electron chi connectivity index (χ3n) is 3.26. The quantitative estimate of drug-likeness (QED) is 0.503. The van der Waals surface area contributed by atoms with Crippen LogP contribution in [0.3, 0.4) is 0 Å². The highest BCUT2D eigenvalue weighted by molar-refractivity contribution is 5.21. The van der Waals surface area contributed by atoms with Crippen LogP contribution in [0.5, 0.6) is 0 Å². The molecule has 2 atom stereocenters. The van der Waals surface area contributed by atoms with Crippen LogP contribution < -0.4 is 0 Å². The zero-order valence-corrected chi connectivity index (χ0v) is 8.10. The Bertz CT molecular complexity index is 205. The molecule has 68 valence electrons. The molecule has 0 radical (unpaired) electrons. The lowest BCUT2D eigenvalue weighted by molar-refractivity contribution is 0.0381. The molecule has 1 aliphatic heterocycles. The first kappa shape index (κ1) is 8.31. The summed E-state index contributed by atoms with van der Waals surface area (Å²) in [7, 11) is 0. The summed E-state index contributed by atoms with van der Waals surface area (Å²) in [5, 5.41) is 0. The highest BCUT2D eigenvalue weighted by Crippen LogP contribution is 2.35. The first-order valence-corrected chi connectivity index (χ1v) is 5.07. The Balaban J connectivity index is 2.16. The van der Waals surface area contributed by atoms with Crippen molar-refractivity contribution in [3.8, 4) is 0 Å². The minimum Gasteiger partial charge on any atom is -0.374 e. The molecule has 2 rings (SSSR count). The van der Waals surface area contributed by atoms with Crippen LogP contribution in [0.1, 0.15) is 39.5 Å². The number of rotatable bonds is 0. The monoisotopic (exact) mass is 166 g/mol. The smallest absolute Gasteiger partial charge is 0.0790 e. The van der Waals surface area contributed by atoms with Gasteiger partial charge in [-0.15, -0.1) is 0 Å². The second-order valence-electron chi connectivity index (χ2n) is 4.29. The maximum Gasteiger partial charge on any atom is 0.0790 e. The molecule has 1 nitrogen and oxygen atoms in total. The SMILES string of the molecule is CC1=C2CCC(C)CC2OCC1. The van der Waals surface area contributed by atoms with Crippen LogP contribution in [0.15, 0.2) is 11.1 Å². The predicted molar refractivity (Wildman–Crippen MR) is 50.1 cm³/mol. The maximum absolute atomic E-state index is 5.76. The van der Waals surface area contributed by atoms with E-state index in [-0.39, 0.29) is 0 Å². The van der Waals surface area contributed by atoms with E-state index in [2.05, 4.69) is 13.8 Å². The Morgan fingerprint density at radius 3 is 3.00 bits per heavy atom. The zero-order chi connectivity index (χ0) is 8.55. The van der Waals surface area contributed by atoms with E-state index in [1.807, 2.05) is 0 Å². The Morgan fingerprint density at radius 2 is 2.17 bits per heavy atom. The Hall–Kier alpha value is -0.300. The van der Waals surface area contributed by atoms with Crippen LogP contribution in [0.4, 0.5) is 0 Å². The third kappa shape index (κ3) is 1.42. The molecule has 0 amide bonds. The molecule has 0 aromatic rings. The van der Waals surface area contributed by atoms with E-state index in [0.717, 1.165) is 12.5 Å². The third-order valence-corrected chi connectivity index (χ3v) is 3.26. The van der Waals surface area contributed by atoms with Crippen LogP contribution in [0, 0.1) is 5.92 Å². The van der Waals surface area contributed by atoms with Crippen LogP contribution in [-0.4, -0.2) is 12.7 Å². The molecule has 0 aromatic heterocycles. The van der Waals surface area contributed by atoms with Crippen molar-refractivity contribution >= 4 is 0 Å². The Kier molecular flexibility index (Phi) is 2.22. The van der Waals surface area contributed by atoms with Crippen molar-refractivity contribution in [3.63, 3.8) is 0 Å². The van der Waals surface area contributed by atoms with Crippen LogP contribution in [0.2, 0.25) is 0 Å². The summed E-state index contributed by atoms with van der Waals surface area (Å²) in [5.41, 5.74) is 3.23. The molecule has 1 fully saturated rings.